The van der Waals surface area contributed by atoms with E-state index in [1.54, 1.807) is 0 Å². The molecule has 1 aliphatic rings. The molecule has 0 amide bonds. The van der Waals surface area contributed by atoms with Crippen LogP contribution in [0.1, 0.15) is 58.7 Å². The van der Waals surface area contributed by atoms with E-state index in [4.69, 9.17) is 4.42 Å². The molecule has 3 rings (SSSR count). The van der Waals surface area contributed by atoms with Crippen molar-refractivity contribution in [1.82, 2.24) is 5.32 Å². The van der Waals surface area contributed by atoms with Gasteiger partial charge in [-0.25, -0.2) is 0 Å². The first-order chi connectivity index (χ1) is 9.84. The molecule has 1 N–H and O–H groups in total. The third kappa shape index (κ3) is 3.09. The number of aryl methyl sites for hydroxylation is 3. The lowest BCUT2D eigenvalue weighted by atomic mass is 9.74. The number of nitrogens with one attached hydrogen (secondary N) is 1. The van der Waals surface area contributed by atoms with E-state index >= 15 is 0 Å². The maximum atomic E-state index is 5.91. The third-order valence-corrected chi connectivity index (χ3v) is 5.43. The summed E-state index contributed by atoms with van der Waals surface area (Å²) in [5.41, 5.74) is 3.10. The Labute approximate surface area is 131 Å². The quantitative estimate of drug-likeness (QED) is 0.856. The fraction of sp³-hybridized carbons (Fsp3) is 0.556. The molecule has 0 saturated carbocycles. The van der Waals surface area contributed by atoms with Gasteiger partial charge in [-0.15, -0.1) is 11.3 Å². The highest BCUT2D eigenvalue weighted by Crippen LogP contribution is 2.42. The molecule has 1 aliphatic carbocycles. The van der Waals surface area contributed by atoms with Crippen LogP contribution in [-0.2, 0) is 13.0 Å². The Balaban J connectivity index is 1.80. The summed E-state index contributed by atoms with van der Waals surface area (Å²) in [4.78, 5) is 2.83. The summed E-state index contributed by atoms with van der Waals surface area (Å²) in [7, 11) is 0. The van der Waals surface area contributed by atoms with E-state index in [1.807, 2.05) is 11.3 Å². The Hall–Kier alpha value is -1.06. The Bertz CT molecular complexity index is 650. The molecule has 21 heavy (non-hydrogen) atoms. The molecule has 0 saturated heterocycles. The minimum Gasteiger partial charge on any atom is -0.466 e. The van der Waals surface area contributed by atoms with E-state index in [-0.39, 0.29) is 0 Å². The maximum absolute atomic E-state index is 5.91. The lowest BCUT2D eigenvalue weighted by Gasteiger charge is -2.34. The molecule has 1 unspecified atom stereocenters. The van der Waals surface area contributed by atoms with Crippen molar-refractivity contribution in [2.24, 2.45) is 5.41 Å². The van der Waals surface area contributed by atoms with Crippen molar-refractivity contribution in [2.75, 3.05) is 0 Å². The number of rotatable bonds is 3. The van der Waals surface area contributed by atoms with E-state index in [0.717, 1.165) is 18.7 Å². The predicted molar refractivity (Wildman–Crippen MR) is 88.9 cm³/mol. The highest BCUT2D eigenvalue weighted by molar-refractivity contribution is 7.12. The van der Waals surface area contributed by atoms with Crippen molar-refractivity contribution in [3.8, 4) is 0 Å². The van der Waals surface area contributed by atoms with E-state index in [0.29, 0.717) is 11.5 Å². The van der Waals surface area contributed by atoms with Crippen LogP contribution in [0.4, 0.5) is 0 Å². The van der Waals surface area contributed by atoms with Crippen molar-refractivity contribution in [3.63, 3.8) is 0 Å². The number of thiophene rings is 1. The Kier molecular flexibility index (Phi) is 3.74. The van der Waals surface area contributed by atoms with Crippen molar-refractivity contribution in [3.05, 3.63) is 44.5 Å². The molecule has 0 spiro atoms. The third-order valence-electron chi connectivity index (χ3n) is 4.42. The molecule has 114 valence electrons. The Morgan fingerprint density at radius 2 is 2.05 bits per heavy atom. The minimum atomic E-state index is 0.300. The van der Waals surface area contributed by atoms with Gasteiger partial charge in [0.05, 0.1) is 0 Å². The second-order valence-corrected chi connectivity index (χ2v) is 8.61. The van der Waals surface area contributed by atoms with Crippen LogP contribution in [0.15, 0.2) is 16.5 Å². The van der Waals surface area contributed by atoms with Crippen molar-refractivity contribution in [1.29, 1.82) is 0 Å². The summed E-state index contributed by atoms with van der Waals surface area (Å²) in [6.45, 7) is 12.1. The fourth-order valence-electron chi connectivity index (χ4n) is 3.46. The molecule has 0 aromatic carbocycles. The van der Waals surface area contributed by atoms with E-state index in [9.17, 15) is 0 Å². The van der Waals surface area contributed by atoms with Crippen LogP contribution in [0.3, 0.4) is 0 Å². The fourth-order valence-corrected chi connectivity index (χ4v) is 4.41. The second kappa shape index (κ2) is 5.29. The lowest BCUT2D eigenvalue weighted by molar-refractivity contribution is 0.233. The van der Waals surface area contributed by atoms with Crippen molar-refractivity contribution >= 4 is 11.3 Å². The van der Waals surface area contributed by atoms with Crippen LogP contribution in [0.25, 0.3) is 0 Å². The number of hydrogen-bond acceptors (Lipinski definition) is 3. The van der Waals surface area contributed by atoms with Gasteiger partial charge >= 0.3 is 0 Å². The van der Waals surface area contributed by atoms with Gasteiger partial charge < -0.3 is 9.73 Å². The normalized spacial score (nSPS) is 20.5. The Morgan fingerprint density at radius 1 is 1.29 bits per heavy atom. The summed E-state index contributed by atoms with van der Waals surface area (Å²) in [6, 6.07) is 4.93. The van der Waals surface area contributed by atoms with Crippen LogP contribution in [0.5, 0.6) is 0 Å². The van der Waals surface area contributed by atoms with Gasteiger partial charge in [0.15, 0.2) is 0 Å². The first kappa shape index (κ1) is 14.9. The van der Waals surface area contributed by atoms with Crippen LogP contribution in [0.2, 0.25) is 0 Å². The van der Waals surface area contributed by atoms with Crippen LogP contribution in [-0.4, -0.2) is 0 Å². The van der Waals surface area contributed by atoms with E-state index < -0.39 is 0 Å². The molecule has 0 aliphatic heterocycles. The zero-order valence-corrected chi connectivity index (χ0v) is 14.5. The van der Waals surface area contributed by atoms with Gasteiger partial charge in [-0.05, 0) is 50.3 Å². The predicted octanol–water partition coefficient (Wildman–Crippen LogP) is 5.07. The van der Waals surface area contributed by atoms with Crippen LogP contribution >= 0.6 is 11.3 Å². The van der Waals surface area contributed by atoms with E-state index in [2.05, 4.69) is 52.1 Å². The number of hydrogen-bond donors (Lipinski definition) is 1. The monoisotopic (exact) mass is 303 g/mol. The highest BCUT2D eigenvalue weighted by atomic mass is 32.1. The van der Waals surface area contributed by atoms with Gasteiger partial charge in [0, 0.05) is 34.3 Å². The standard InChI is InChI=1S/C18H25NOS/c1-11-6-15-16(8-18(4,5)9-17(15)20-11)19-10-14-7-12(2)21-13(14)3/h6-7,16,19H,8-10H2,1-5H3. The molecule has 2 nitrogen and oxygen atoms in total. The molecule has 3 heteroatoms. The zero-order chi connectivity index (χ0) is 15.2. The molecule has 2 aromatic heterocycles. The molecular formula is C18H25NOS. The molecule has 0 fully saturated rings. The van der Waals surface area contributed by atoms with Crippen molar-refractivity contribution in [2.45, 2.75) is 60.0 Å². The molecular weight excluding hydrogens is 278 g/mol. The molecule has 2 aromatic rings. The molecule has 0 radical (unpaired) electrons. The smallest absolute Gasteiger partial charge is 0.109 e. The van der Waals surface area contributed by atoms with Gasteiger partial charge in [0.1, 0.15) is 11.5 Å². The molecule has 1 atom stereocenters. The SMILES string of the molecule is Cc1cc2c(o1)CC(C)(C)CC2NCc1cc(C)sc1C. The first-order valence-electron chi connectivity index (χ1n) is 7.72. The van der Waals surface area contributed by atoms with Gasteiger partial charge in [-0.3, -0.25) is 0 Å². The topological polar surface area (TPSA) is 25.2 Å². The maximum Gasteiger partial charge on any atom is 0.109 e. The summed E-state index contributed by atoms with van der Waals surface area (Å²) in [5, 5.41) is 3.76. The lowest BCUT2D eigenvalue weighted by Crippen LogP contribution is -2.32. The van der Waals surface area contributed by atoms with Gasteiger partial charge in [-0.2, -0.15) is 0 Å². The highest BCUT2D eigenvalue weighted by Gasteiger charge is 2.34. The average Bonchev–Trinajstić information content (AvgIpc) is 2.87. The van der Waals surface area contributed by atoms with Crippen molar-refractivity contribution < 1.29 is 4.42 Å². The van der Waals surface area contributed by atoms with Crippen LogP contribution < -0.4 is 5.32 Å². The second-order valence-electron chi connectivity index (χ2n) is 7.15. The number of furan rings is 1. The number of fused-ring (bicyclic) bond motifs is 1. The zero-order valence-electron chi connectivity index (χ0n) is 13.7. The summed E-state index contributed by atoms with van der Waals surface area (Å²) in [6.07, 6.45) is 2.21. The Morgan fingerprint density at radius 3 is 2.71 bits per heavy atom. The van der Waals surface area contributed by atoms with Gasteiger partial charge in [0.2, 0.25) is 0 Å². The van der Waals surface area contributed by atoms with E-state index in [1.165, 1.54) is 33.1 Å². The first-order valence-corrected chi connectivity index (χ1v) is 8.54. The summed E-state index contributed by atoms with van der Waals surface area (Å²) in [5.74, 6) is 2.21. The van der Waals surface area contributed by atoms with Gasteiger partial charge in [0.25, 0.3) is 0 Å². The largest absolute Gasteiger partial charge is 0.466 e. The summed E-state index contributed by atoms with van der Waals surface area (Å²) >= 11 is 1.89. The van der Waals surface area contributed by atoms with Gasteiger partial charge in [-0.1, -0.05) is 13.8 Å². The minimum absolute atomic E-state index is 0.300. The molecule has 2 heterocycles. The van der Waals surface area contributed by atoms with Crippen LogP contribution in [0, 0.1) is 26.2 Å². The summed E-state index contributed by atoms with van der Waals surface area (Å²) < 4.78 is 5.91. The average molecular weight is 303 g/mol. The molecule has 0 bridgehead atoms.